The minimum atomic E-state index is -0.106. The van der Waals surface area contributed by atoms with Crippen LogP contribution < -0.4 is 0 Å². The second kappa shape index (κ2) is 9.54. The molecule has 8 atom stereocenters. The van der Waals surface area contributed by atoms with Crippen molar-refractivity contribution in [2.75, 3.05) is 0 Å². The summed E-state index contributed by atoms with van der Waals surface area (Å²) in [6.07, 6.45) is 18.0. The van der Waals surface area contributed by atoms with Gasteiger partial charge in [-0.1, -0.05) is 57.9 Å². The van der Waals surface area contributed by atoms with Crippen LogP contribution in [0.1, 0.15) is 113 Å². The summed E-state index contributed by atoms with van der Waals surface area (Å²) in [4.78, 5) is 11.5. The van der Waals surface area contributed by atoms with Crippen LogP contribution in [0.25, 0.3) is 0 Å². The first-order valence-corrected chi connectivity index (χ1v) is 14.1. The highest BCUT2D eigenvalue weighted by atomic mass is 16.5. The molecule has 0 radical (unpaired) electrons. The van der Waals surface area contributed by atoms with E-state index in [1.807, 2.05) is 5.57 Å². The number of hydrogen-bond donors (Lipinski definition) is 0. The molecule has 2 nitrogen and oxygen atoms in total. The smallest absolute Gasteiger partial charge is 0.302 e. The van der Waals surface area contributed by atoms with Gasteiger partial charge in [-0.15, -0.1) is 0 Å². The van der Waals surface area contributed by atoms with E-state index in [1.54, 1.807) is 12.5 Å². The number of carbonyl (C=O) groups is 1. The predicted octanol–water partition coefficient (Wildman–Crippen LogP) is 8.52. The number of esters is 1. The average Bonchev–Trinajstić information content (AvgIpc) is 3.11. The first kappa shape index (κ1) is 25.1. The van der Waals surface area contributed by atoms with Gasteiger partial charge in [0.25, 0.3) is 0 Å². The maximum Gasteiger partial charge on any atom is 0.302 e. The van der Waals surface area contributed by atoms with Crippen LogP contribution in [0.4, 0.5) is 0 Å². The van der Waals surface area contributed by atoms with Crippen LogP contribution in [0, 0.1) is 46.3 Å². The molecule has 3 fully saturated rings. The highest BCUT2D eigenvalue weighted by Crippen LogP contribution is 2.67. The van der Waals surface area contributed by atoms with E-state index in [-0.39, 0.29) is 12.1 Å². The fourth-order valence-corrected chi connectivity index (χ4v) is 9.15. The molecule has 0 bridgehead atoms. The molecule has 0 aromatic carbocycles. The molecule has 8 unspecified atom stereocenters. The third-order valence-electron chi connectivity index (χ3n) is 11.1. The molecule has 0 amide bonds. The van der Waals surface area contributed by atoms with Crippen LogP contribution in [0.2, 0.25) is 0 Å². The van der Waals surface area contributed by atoms with Crippen LogP contribution in [-0.2, 0) is 9.53 Å². The Balaban J connectivity index is 1.47. The van der Waals surface area contributed by atoms with Crippen molar-refractivity contribution in [3.63, 3.8) is 0 Å². The van der Waals surface area contributed by atoms with E-state index in [0.717, 1.165) is 36.5 Å². The average molecular weight is 455 g/mol. The van der Waals surface area contributed by atoms with E-state index in [2.05, 4.69) is 53.7 Å². The van der Waals surface area contributed by atoms with E-state index < -0.39 is 0 Å². The molecule has 4 aliphatic carbocycles. The van der Waals surface area contributed by atoms with E-state index in [4.69, 9.17) is 4.74 Å². The van der Waals surface area contributed by atoms with Crippen LogP contribution in [0.3, 0.4) is 0 Å². The molecular formula is C31H50O2. The standard InChI is InChI=1S/C31H50O2/c1-8-23(20(2)3)10-9-21(4)27-13-14-28-26-12-11-24-19-25(33-22(5)32)15-17-30(24,6)29(26)16-18-31(27,28)7/h8,12,20-21,24-25,27-29H,9-11,13-19H2,1-7H3. The number of carbonyl (C=O) groups excluding carboxylic acids is 1. The van der Waals surface area contributed by atoms with Gasteiger partial charge in [-0.25, -0.2) is 0 Å². The molecule has 0 saturated heterocycles. The summed E-state index contributed by atoms with van der Waals surface area (Å²) in [6.45, 7) is 16.3. The van der Waals surface area contributed by atoms with E-state index in [1.165, 1.54) is 51.4 Å². The van der Waals surface area contributed by atoms with Gasteiger partial charge in [0.05, 0.1) is 0 Å². The van der Waals surface area contributed by atoms with Gasteiger partial charge < -0.3 is 4.74 Å². The third-order valence-corrected chi connectivity index (χ3v) is 11.1. The lowest BCUT2D eigenvalue weighted by molar-refractivity contribution is -0.152. The molecule has 186 valence electrons. The molecule has 0 heterocycles. The molecule has 0 N–H and O–H groups in total. The van der Waals surface area contributed by atoms with Gasteiger partial charge in [0.15, 0.2) is 0 Å². The zero-order valence-corrected chi connectivity index (χ0v) is 22.6. The minimum Gasteiger partial charge on any atom is -0.463 e. The second-order valence-electron chi connectivity index (χ2n) is 13.0. The van der Waals surface area contributed by atoms with Crippen molar-refractivity contribution in [1.29, 1.82) is 0 Å². The van der Waals surface area contributed by atoms with Crippen LogP contribution >= 0.6 is 0 Å². The Kier molecular flexibility index (Phi) is 7.24. The molecule has 2 heteroatoms. The van der Waals surface area contributed by atoms with Crippen molar-refractivity contribution in [2.45, 2.75) is 119 Å². The first-order valence-electron chi connectivity index (χ1n) is 14.1. The monoisotopic (exact) mass is 454 g/mol. The maximum absolute atomic E-state index is 11.5. The minimum absolute atomic E-state index is 0.106. The van der Waals surface area contributed by atoms with Crippen LogP contribution in [0.5, 0.6) is 0 Å². The van der Waals surface area contributed by atoms with Gasteiger partial charge in [0, 0.05) is 6.92 Å². The summed E-state index contributed by atoms with van der Waals surface area (Å²) in [5.41, 5.74) is 4.39. The lowest BCUT2D eigenvalue weighted by Crippen LogP contribution is -2.50. The Bertz CT molecular complexity index is 791. The third kappa shape index (κ3) is 4.50. The molecular weight excluding hydrogens is 404 g/mol. The summed E-state index contributed by atoms with van der Waals surface area (Å²) in [5.74, 6) is 4.51. The van der Waals surface area contributed by atoms with Crippen molar-refractivity contribution in [2.24, 2.45) is 46.3 Å². The molecule has 4 aliphatic rings. The highest BCUT2D eigenvalue weighted by Gasteiger charge is 2.58. The quantitative estimate of drug-likeness (QED) is 0.297. The lowest BCUT2D eigenvalue weighted by atomic mass is 9.47. The molecule has 3 saturated carbocycles. The predicted molar refractivity (Wildman–Crippen MR) is 138 cm³/mol. The van der Waals surface area contributed by atoms with Crippen molar-refractivity contribution >= 4 is 5.97 Å². The van der Waals surface area contributed by atoms with Gasteiger partial charge in [0.1, 0.15) is 6.10 Å². The summed E-state index contributed by atoms with van der Waals surface area (Å²) in [5, 5.41) is 0. The maximum atomic E-state index is 11.5. The fourth-order valence-electron chi connectivity index (χ4n) is 9.15. The summed E-state index contributed by atoms with van der Waals surface area (Å²) in [7, 11) is 0. The molecule has 33 heavy (non-hydrogen) atoms. The largest absolute Gasteiger partial charge is 0.463 e. The van der Waals surface area contributed by atoms with Crippen molar-refractivity contribution in [1.82, 2.24) is 0 Å². The van der Waals surface area contributed by atoms with Crippen molar-refractivity contribution in [3.8, 4) is 0 Å². The van der Waals surface area contributed by atoms with Gasteiger partial charge in [-0.3, -0.25) is 4.79 Å². The van der Waals surface area contributed by atoms with E-state index >= 15 is 0 Å². The molecule has 0 aromatic rings. The Morgan fingerprint density at radius 1 is 1.09 bits per heavy atom. The van der Waals surface area contributed by atoms with Crippen LogP contribution in [0.15, 0.2) is 23.3 Å². The number of hydrogen-bond acceptors (Lipinski definition) is 2. The van der Waals surface area contributed by atoms with Crippen molar-refractivity contribution in [3.05, 3.63) is 23.3 Å². The van der Waals surface area contributed by atoms with E-state index in [9.17, 15) is 4.79 Å². The Labute approximate surface area is 204 Å². The normalized spacial score (nSPS) is 41.6. The highest BCUT2D eigenvalue weighted by molar-refractivity contribution is 5.66. The Hall–Kier alpha value is -1.05. The lowest BCUT2D eigenvalue weighted by Gasteiger charge is -2.58. The summed E-state index contributed by atoms with van der Waals surface area (Å²) >= 11 is 0. The first-order chi connectivity index (χ1) is 15.6. The molecule has 0 spiro atoms. The number of fused-ring (bicyclic) bond motifs is 5. The topological polar surface area (TPSA) is 26.3 Å². The van der Waals surface area contributed by atoms with Crippen LogP contribution in [-0.4, -0.2) is 12.1 Å². The zero-order valence-electron chi connectivity index (χ0n) is 22.6. The Morgan fingerprint density at radius 3 is 2.45 bits per heavy atom. The number of ether oxygens (including phenoxy) is 1. The van der Waals surface area contributed by atoms with Gasteiger partial charge >= 0.3 is 5.97 Å². The molecule has 4 rings (SSSR count). The fraction of sp³-hybridized carbons (Fsp3) is 0.839. The number of allylic oxidation sites excluding steroid dienone is 4. The number of rotatable bonds is 6. The zero-order chi connectivity index (χ0) is 24.0. The van der Waals surface area contributed by atoms with Gasteiger partial charge in [-0.05, 0) is 117 Å². The van der Waals surface area contributed by atoms with Gasteiger partial charge in [0.2, 0.25) is 0 Å². The van der Waals surface area contributed by atoms with Gasteiger partial charge in [-0.2, -0.15) is 0 Å². The summed E-state index contributed by atoms with van der Waals surface area (Å²) < 4.78 is 5.65. The SMILES string of the molecule is CC=C(CCC(C)C1CCC2C3=CCC4CC(OC(C)=O)CCC4(C)C3CCC21C)C(C)C. The Morgan fingerprint density at radius 2 is 1.79 bits per heavy atom. The van der Waals surface area contributed by atoms with E-state index in [0.29, 0.717) is 22.7 Å². The molecule has 0 aromatic heterocycles. The van der Waals surface area contributed by atoms with Crippen molar-refractivity contribution < 1.29 is 9.53 Å². The molecule has 0 aliphatic heterocycles. The summed E-state index contributed by atoms with van der Waals surface area (Å²) in [6, 6.07) is 0. The second-order valence-corrected chi connectivity index (χ2v) is 13.0.